The first-order chi connectivity index (χ1) is 11.7. The van der Waals surface area contributed by atoms with Gasteiger partial charge in [0.05, 0.1) is 11.7 Å². The Kier molecular flexibility index (Phi) is 5.60. The molecule has 8 heteroatoms. The van der Waals surface area contributed by atoms with E-state index in [2.05, 4.69) is 5.32 Å². The number of hydrogen-bond donors (Lipinski definition) is 3. The maximum absolute atomic E-state index is 12.4. The molecular weight excluding hydrogens is 326 g/mol. The van der Waals surface area contributed by atoms with Crippen molar-refractivity contribution in [2.24, 2.45) is 0 Å². The molecule has 8 nitrogen and oxygen atoms in total. The molecule has 0 unspecified atom stereocenters. The summed E-state index contributed by atoms with van der Waals surface area (Å²) in [6.45, 7) is 5.11. The fourth-order valence-electron chi connectivity index (χ4n) is 2.43. The molecule has 0 aliphatic rings. The number of amides is 1. The van der Waals surface area contributed by atoms with Gasteiger partial charge >= 0.3 is 0 Å². The van der Waals surface area contributed by atoms with Gasteiger partial charge in [-0.15, -0.1) is 5.23 Å². The highest BCUT2D eigenvalue weighted by atomic mass is 16.8. The predicted octanol–water partition coefficient (Wildman–Crippen LogP) is 3.18. The fraction of sp³-hybridized carbons (Fsp3) is 0.235. The molecule has 2 rings (SSSR count). The lowest BCUT2D eigenvalue weighted by Gasteiger charge is -2.39. The van der Waals surface area contributed by atoms with E-state index in [9.17, 15) is 25.6 Å². The van der Waals surface area contributed by atoms with Crippen LogP contribution in [0.4, 0.5) is 11.4 Å². The largest absolute Gasteiger partial charge is 0.769 e. The zero-order chi connectivity index (χ0) is 18.7. The standard InChI is InChI=1S/C17H19N3O5/c1-10-4-6-13(7-5-10)12(3)18-17(21)14-8-15(19(22)23)11(2)16(9-14)20(24)25/h4-9,12,22-23H,1-3H3,(H,18,21)/q-2/t12-/m1/s1. The number of hydrogen-bond acceptors (Lipinski definition) is 7. The number of benzene rings is 2. The van der Waals surface area contributed by atoms with Crippen LogP contribution < -0.4 is 15.8 Å². The van der Waals surface area contributed by atoms with Gasteiger partial charge < -0.3 is 21.0 Å². The van der Waals surface area contributed by atoms with Gasteiger partial charge in [-0.1, -0.05) is 29.8 Å². The second-order valence-electron chi connectivity index (χ2n) is 5.79. The van der Waals surface area contributed by atoms with Crippen molar-refractivity contribution in [1.29, 1.82) is 0 Å². The average molecular weight is 345 g/mol. The lowest BCUT2D eigenvalue weighted by Crippen LogP contribution is -2.27. The van der Waals surface area contributed by atoms with Crippen molar-refractivity contribution in [3.63, 3.8) is 0 Å². The van der Waals surface area contributed by atoms with E-state index in [0.717, 1.165) is 17.2 Å². The van der Waals surface area contributed by atoms with Crippen molar-refractivity contribution < 1.29 is 15.2 Å². The zero-order valence-corrected chi connectivity index (χ0v) is 14.1. The summed E-state index contributed by atoms with van der Waals surface area (Å²) in [5.41, 5.74) is 1.36. The van der Waals surface area contributed by atoms with Crippen LogP contribution in [0.15, 0.2) is 36.4 Å². The van der Waals surface area contributed by atoms with Crippen molar-refractivity contribution in [1.82, 2.24) is 5.32 Å². The van der Waals surface area contributed by atoms with E-state index in [4.69, 9.17) is 0 Å². The van der Waals surface area contributed by atoms with E-state index in [1.54, 1.807) is 6.92 Å². The van der Waals surface area contributed by atoms with Crippen LogP contribution in [-0.4, -0.2) is 16.3 Å². The number of nitrogens with one attached hydrogen (secondary N) is 1. The quantitative estimate of drug-likeness (QED) is 0.711. The second-order valence-corrected chi connectivity index (χ2v) is 5.79. The minimum atomic E-state index is -0.678. The first-order valence-corrected chi connectivity index (χ1v) is 7.55. The summed E-state index contributed by atoms with van der Waals surface area (Å²) in [7, 11) is 0. The molecule has 0 spiro atoms. The molecule has 1 amide bonds. The molecule has 0 fully saturated rings. The molecule has 0 heterocycles. The number of aryl methyl sites for hydroxylation is 1. The Morgan fingerprint density at radius 1 is 1.08 bits per heavy atom. The first-order valence-electron chi connectivity index (χ1n) is 7.55. The molecule has 2 aromatic rings. The van der Waals surface area contributed by atoms with Crippen molar-refractivity contribution in [3.8, 4) is 0 Å². The number of nitrogens with zero attached hydrogens (tertiary/aromatic N) is 2. The van der Waals surface area contributed by atoms with Crippen LogP contribution in [-0.2, 0) is 0 Å². The normalized spacial score (nSPS) is 11.8. The molecule has 3 N–H and O–H groups in total. The third-order valence-corrected chi connectivity index (χ3v) is 3.95. The van der Waals surface area contributed by atoms with Crippen LogP contribution in [0.5, 0.6) is 0 Å². The fourth-order valence-corrected chi connectivity index (χ4v) is 2.43. The lowest BCUT2D eigenvalue weighted by atomic mass is 10.0. The number of carbonyl (C=O) groups excluding carboxylic acids is 1. The highest BCUT2D eigenvalue weighted by molar-refractivity contribution is 5.97. The summed E-state index contributed by atoms with van der Waals surface area (Å²) in [6, 6.07) is 9.57. The number of carbonyl (C=O) groups is 1. The molecule has 0 bridgehead atoms. The molecule has 2 aromatic carbocycles. The van der Waals surface area contributed by atoms with Gasteiger partial charge in [0, 0.05) is 11.3 Å². The summed E-state index contributed by atoms with van der Waals surface area (Å²) in [5, 5.41) is 42.6. The minimum absolute atomic E-state index is 0.0399. The van der Waals surface area contributed by atoms with Crippen LogP contribution in [0, 0.1) is 24.3 Å². The Morgan fingerprint density at radius 3 is 2.16 bits per heavy atom. The topological polar surface area (TPSA) is 122 Å². The van der Waals surface area contributed by atoms with Crippen LogP contribution in [0.2, 0.25) is 0 Å². The summed E-state index contributed by atoms with van der Waals surface area (Å²) in [6.07, 6.45) is 0. The minimum Gasteiger partial charge on any atom is -0.769 e. The Bertz CT molecular complexity index is 730. The van der Waals surface area contributed by atoms with E-state index in [1.807, 2.05) is 31.2 Å². The summed E-state index contributed by atoms with van der Waals surface area (Å²) < 4.78 is 0. The van der Waals surface area contributed by atoms with E-state index in [-0.39, 0.29) is 33.8 Å². The van der Waals surface area contributed by atoms with Crippen molar-refractivity contribution in [2.45, 2.75) is 26.8 Å². The third-order valence-electron chi connectivity index (χ3n) is 3.95. The molecular formula is C17H19N3O5-2. The van der Waals surface area contributed by atoms with Crippen molar-refractivity contribution >= 4 is 17.3 Å². The SMILES string of the molecule is Cc1ccc([C@@H](C)NC(=O)c2cc(N([O-])[O-])c(C)c(N(O)O)c2)cc1. The Labute approximate surface area is 145 Å². The lowest BCUT2D eigenvalue weighted by molar-refractivity contribution is 0.0288. The van der Waals surface area contributed by atoms with Crippen LogP contribution in [0.3, 0.4) is 0 Å². The van der Waals surface area contributed by atoms with Crippen LogP contribution in [0.25, 0.3) is 0 Å². The summed E-state index contributed by atoms with van der Waals surface area (Å²) in [4.78, 5) is 12.4. The van der Waals surface area contributed by atoms with Gasteiger partial charge in [0.25, 0.3) is 5.91 Å². The molecule has 1 atom stereocenters. The van der Waals surface area contributed by atoms with E-state index < -0.39 is 11.1 Å². The van der Waals surface area contributed by atoms with Gasteiger partial charge in [-0.3, -0.25) is 15.2 Å². The highest BCUT2D eigenvalue weighted by Crippen LogP contribution is 2.30. The average Bonchev–Trinajstić information content (AvgIpc) is 2.54. The van der Waals surface area contributed by atoms with Crippen molar-refractivity contribution in [2.75, 3.05) is 10.5 Å². The van der Waals surface area contributed by atoms with E-state index in [1.165, 1.54) is 13.0 Å². The Hall–Kier alpha value is -2.65. The molecule has 0 aliphatic carbocycles. The van der Waals surface area contributed by atoms with Gasteiger partial charge in [0.1, 0.15) is 0 Å². The Morgan fingerprint density at radius 2 is 1.64 bits per heavy atom. The second kappa shape index (κ2) is 7.49. The highest BCUT2D eigenvalue weighted by Gasteiger charge is 2.17. The monoisotopic (exact) mass is 345 g/mol. The van der Waals surface area contributed by atoms with Crippen LogP contribution in [0.1, 0.15) is 40.0 Å². The molecule has 0 aromatic heterocycles. The van der Waals surface area contributed by atoms with Gasteiger partial charge in [-0.2, -0.15) is 0 Å². The molecule has 0 radical (unpaired) electrons. The number of anilines is 2. The van der Waals surface area contributed by atoms with Gasteiger partial charge in [0.2, 0.25) is 0 Å². The molecule has 134 valence electrons. The van der Waals surface area contributed by atoms with Crippen LogP contribution >= 0.6 is 0 Å². The smallest absolute Gasteiger partial charge is 0.251 e. The first kappa shape index (κ1) is 18.7. The Balaban J connectivity index is 2.30. The van der Waals surface area contributed by atoms with E-state index >= 15 is 0 Å². The van der Waals surface area contributed by atoms with Gasteiger partial charge in [-0.05, 0) is 44.0 Å². The predicted molar refractivity (Wildman–Crippen MR) is 93.5 cm³/mol. The van der Waals surface area contributed by atoms with E-state index in [0.29, 0.717) is 0 Å². The molecule has 25 heavy (non-hydrogen) atoms. The van der Waals surface area contributed by atoms with Gasteiger partial charge in [0.15, 0.2) is 0 Å². The number of rotatable bonds is 5. The van der Waals surface area contributed by atoms with Gasteiger partial charge in [-0.25, -0.2) is 0 Å². The molecule has 0 saturated carbocycles. The maximum Gasteiger partial charge on any atom is 0.251 e. The van der Waals surface area contributed by atoms with Crippen molar-refractivity contribution in [3.05, 3.63) is 69.1 Å². The zero-order valence-electron chi connectivity index (χ0n) is 14.1. The maximum atomic E-state index is 12.4. The summed E-state index contributed by atoms with van der Waals surface area (Å²) in [5.74, 6) is -0.556. The molecule has 0 aliphatic heterocycles. The summed E-state index contributed by atoms with van der Waals surface area (Å²) >= 11 is 0. The molecule has 0 saturated heterocycles. The third kappa shape index (κ3) is 4.25.